The molecule has 18 heavy (non-hydrogen) atoms. The maximum absolute atomic E-state index is 11.8. The Morgan fingerprint density at radius 2 is 2.00 bits per heavy atom. The molecule has 5 heteroatoms. The van der Waals surface area contributed by atoms with Gasteiger partial charge in [0, 0.05) is 0 Å². The number of aliphatic hydroxyl groups is 2. The molecule has 1 unspecified atom stereocenters. The van der Waals surface area contributed by atoms with Crippen LogP contribution in [-0.4, -0.2) is 32.5 Å². The van der Waals surface area contributed by atoms with Crippen LogP contribution in [0.15, 0.2) is 23.1 Å². The molecule has 2 rings (SSSR count). The fraction of sp³-hybridized carbons (Fsp3) is 0.385. The summed E-state index contributed by atoms with van der Waals surface area (Å²) in [6, 6.07) is 3.79. The molecule has 0 bridgehead atoms. The lowest BCUT2D eigenvalue weighted by atomic mass is 10.1. The minimum Gasteiger partial charge on any atom is -0.394 e. The fourth-order valence-electron chi connectivity index (χ4n) is 1.88. The van der Waals surface area contributed by atoms with Gasteiger partial charge in [-0.25, -0.2) is 4.98 Å². The van der Waals surface area contributed by atoms with Crippen LogP contribution in [-0.2, 0) is 6.54 Å². The maximum atomic E-state index is 11.8. The Labute approximate surface area is 104 Å². The Bertz CT molecular complexity index is 634. The Morgan fingerprint density at radius 1 is 1.33 bits per heavy atom. The van der Waals surface area contributed by atoms with Crippen molar-refractivity contribution in [1.29, 1.82) is 0 Å². The van der Waals surface area contributed by atoms with Gasteiger partial charge in [-0.1, -0.05) is 0 Å². The van der Waals surface area contributed by atoms with Crippen LogP contribution in [0.5, 0.6) is 0 Å². The lowest BCUT2D eigenvalue weighted by molar-refractivity contribution is 0.0814. The van der Waals surface area contributed by atoms with E-state index in [9.17, 15) is 9.90 Å². The van der Waals surface area contributed by atoms with Crippen LogP contribution < -0.4 is 5.56 Å². The molecule has 0 saturated heterocycles. The van der Waals surface area contributed by atoms with E-state index < -0.39 is 6.10 Å². The Hall–Kier alpha value is -1.72. The monoisotopic (exact) mass is 248 g/mol. The molecule has 1 heterocycles. The summed E-state index contributed by atoms with van der Waals surface area (Å²) in [6.45, 7) is 3.63. The first kappa shape index (κ1) is 12.7. The van der Waals surface area contributed by atoms with Crippen molar-refractivity contribution in [2.45, 2.75) is 26.5 Å². The molecule has 1 aromatic heterocycles. The van der Waals surface area contributed by atoms with Gasteiger partial charge in [-0.15, -0.1) is 0 Å². The smallest absolute Gasteiger partial charge is 0.269 e. The molecular weight excluding hydrogens is 232 g/mol. The maximum Gasteiger partial charge on any atom is 0.269 e. The first-order chi connectivity index (χ1) is 8.52. The van der Waals surface area contributed by atoms with Crippen LogP contribution in [0, 0.1) is 13.8 Å². The summed E-state index contributed by atoms with van der Waals surface area (Å²) < 4.78 is 1.44. The van der Waals surface area contributed by atoms with Crippen molar-refractivity contribution in [3.8, 4) is 0 Å². The lowest BCUT2D eigenvalue weighted by Gasteiger charge is -2.13. The molecule has 5 nitrogen and oxygen atoms in total. The number of rotatable bonds is 3. The molecule has 2 aromatic rings. The number of aliphatic hydroxyl groups excluding tert-OH is 2. The first-order valence-corrected chi connectivity index (χ1v) is 5.78. The molecule has 96 valence electrons. The molecule has 1 aromatic carbocycles. The van der Waals surface area contributed by atoms with Gasteiger partial charge in [-0.3, -0.25) is 4.79 Å². The van der Waals surface area contributed by atoms with Gasteiger partial charge in [0.15, 0.2) is 0 Å². The first-order valence-electron chi connectivity index (χ1n) is 5.78. The summed E-state index contributed by atoms with van der Waals surface area (Å²) in [5.41, 5.74) is 3.27. The van der Waals surface area contributed by atoms with Gasteiger partial charge in [0.2, 0.25) is 0 Å². The summed E-state index contributed by atoms with van der Waals surface area (Å²) in [4.78, 5) is 15.9. The fourth-order valence-corrected chi connectivity index (χ4v) is 1.88. The number of aryl methyl sites for hydroxylation is 2. The largest absolute Gasteiger partial charge is 0.394 e. The summed E-state index contributed by atoms with van der Waals surface area (Å²) in [5, 5.41) is 18.4. The Balaban J connectivity index is 2.66. The van der Waals surface area contributed by atoms with Crippen LogP contribution in [0.25, 0.3) is 11.0 Å². The Morgan fingerprint density at radius 3 is 2.67 bits per heavy atom. The number of nitrogens with zero attached hydrogens (tertiary/aromatic N) is 2. The van der Waals surface area contributed by atoms with Gasteiger partial charge >= 0.3 is 0 Å². The van der Waals surface area contributed by atoms with E-state index in [0.29, 0.717) is 11.0 Å². The van der Waals surface area contributed by atoms with E-state index in [1.165, 1.54) is 10.8 Å². The summed E-state index contributed by atoms with van der Waals surface area (Å²) in [5.74, 6) is 0. The van der Waals surface area contributed by atoms with Crippen molar-refractivity contribution >= 4 is 11.0 Å². The minimum absolute atomic E-state index is 0.0663. The van der Waals surface area contributed by atoms with E-state index in [4.69, 9.17) is 5.11 Å². The van der Waals surface area contributed by atoms with E-state index in [0.717, 1.165) is 11.1 Å². The molecule has 0 fully saturated rings. The van der Waals surface area contributed by atoms with Crippen LogP contribution in [0.1, 0.15) is 11.1 Å². The number of hydrogen-bond donors (Lipinski definition) is 2. The highest BCUT2D eigenvalue weighted by Crippen LogP contribution is 2.16. The quantitative estimate of drug-likeness (QED) is 0.822. The van der Waals surface area contributed by atoms with Crippen LogP contribution in [0.4, 0.5) is 0 Å². The van der Waals surface area contributed by atoms with Crippen LogP contribution >= 0.6 is 0 Å². The van der Waals surface area contributed by atoms with Crippen molar-refractivity contribution in [1.82, 2.24) is 9.55 Å². The average Bonchev–Trinajstić information content (AvgIpc) is 2.35. The topological polar surface area (TPSA) is 75.4 Å². The molecule has 0 spiro atoms. The van der Waals surface area contributed by atoms with E-state index in [-0.39, 0.29) is 18.7 Å². The van der Waals surface area contributed by atoms with Gasteiger partial charge in [0.25, 0.3) is 5.56 Å². The molecule has 0 aliphatic carbocycles. The lowest BCUT2D eigenvalue weighted by Crippen LogP contribution is -2.28. The Kier molecular flexibility index (Phi) is 3.45. The van der Waals surface area contributed by atoms with Crippen molar-refractivity contribution in [3.63, 3.8) is 0 Å². The predicted molar refractivity (Wildman–Crippen MR) is 68.6 cm³/mol. The number of hydrogen-bond acceptors (Lipinski definition) is 4. The molecule has 0 aliphatic heterocycles. The van der Waals surface area contributed by atoms with Crippen LogP contribution in [0.3, 0.4) is 0 Å². The normalized spacial score (nSPS) is 12.9. The molecule has 0 aliphatic rings. The van der Waals surface area contributed by atoms with Gasteiger partial charge in [0.05, 0.1) is 36.5 Å². The third-order valence-corrected chi connectivity index (χ3v) is 3.07. The standard InChI is InChI=1S/C13H16N2O3/c1-8-3-11-12(4-9(8)2)15(6-10(17)7-16)13(18)5-14-11/h3-5,10,16-17H,6-7H2,1-2H3. The zero-order chi connectivity index (χ0) is 13.3. The molecular formula is C13H16N2O3. The molecule has 1 atom stereocenters. The van der Waals surface area contributed by atoms with Gasteiger partial charge < -0.3 is 14.8 Å². The molecule has 0 saturated carbocycles. The van der Waals surface area contributed by atoms with E-state index >= 15 is 0 Å². The third kappa shape index (κ3) is 2.27. The zero-order valence-electron chi connectivity index (χ0n) is 10.4. The second-order valence-electron chi connectivity index (χ2n) is 4.47. The van der Waals surface area contributed by atoms with Gasteiger partial charge in [-0.05, 0) is 37.1 Å². The highest BCUT2D eigenvalue weighted by molar-refractivity contribution is 5.76. The number of aromatic nitrogens is 2. The molecule has 2 N–H and O–H groups in total. The van der Waals surface area contributed by atoms with Gasteiger partial charge in [-0.2, -0.15) is 0 Å². The summed E-state index contributed by atoms with van der Waals surface area (Å²) >= 11 is 0. The highest BCUT2D eigenvalue weighted by Gasteiger charge is 2.10. The second-order valence-corrected chi connectivity index (χ2v) is 4.47. The summed E-state index contributed by atoms with van der Waals surface area (Å²) in [7, 11) is 0. The highest BCUT2D eigenvalue weighted by atomic mass is 16.3. The second kappa shape index (κ2) is 4.88. The SMILES string of the molecule is Cc1cc2ncc(=O)n(CC(O)CO)c2cc1C. The molecule has 0 radical (unpaired) electrons. The van der Waals surface area contributed by atoms with Gasteiger partial charge in [0.1, 0.15) is 0 Å². The summed E-state index contributed by atoms with van der Waals surface area (Å²) in [6.07, 6.45) is 0.288. The predicted octanol–water partition coefficient (Wildman–Crippen LogP) is 0.367. The van der Waals surface area contributed by atoms with Crippen LogP contribution in [0.2, 0.25) is 0 Å². The van der Waals surface area contributed by atoms with Crippen molar-refractivity contribution < 1.29 is 10.2 Å². The van der Waals surface area contributed by atoms with E-state index in [2.05, 4.69) is 4.98 Å². The van der Waals surface area contributed by atoms with Crippen molar-refractivity contribution in [3.05, 3.63) is 39.8 Å². The zero-order valence-corrected chi connectivity index (χ0v) is 10.4. The minimum atomic E-state index is -0.949. The average molecular weight is 248 g/mol. The van der Waals surface area contributed by atoms with Crippen molar-refractivity contribution in [2.24, 2.45) is 0 Å². The number of benzene rings is 1. The van der Waals surface area contributed by atoms with E-state index in [1.54, 1.807) is 0 Å². The third-order valence-electron chi connectivity index (χ3n) is 3.07. The van der Waals surface area contributed by atoms with Crippen molar-refractivity contribution in [2.75, 3.05) is 6.61 Å². The molecule has 0 amide bonds. The number of fused-ring (bicyclic) bond motifs is 1. The van der Waals surface area contributed by atoms with E-state index in [1.807, 2.05) is 26.0 Å².